The molecule has 2 rings (SSSR count). The first-order chi connectivity index (χ1) is 8.34. The molecule has 0 saturated carbocycles. The van der Waals surface area contributed by atoms with Crippen molar-refractivity contribution in [2.24, 2.45) is 0 Å². The van der Waals surface area contributed by atoms with Crippen LogP contribution >= 0.6 is 11.8 Å². The lowest BCUT2D eigenvalue weighted by Gasteiger charge is -2.18. The summed E-state index contributed by atoms with van der Waals surface area (Å²) in [5.41, 5.74) is 0. The number of carbonyl (C=O) groups excluding carboxylic acids is 1. The SMILES string of the molecule is O=C(NCC1CCCS1)NC1CCCCNC1. The minimum Gasteiger partial charge on any atom is -0.337 e. The molecule has 2 unspecified atom stereocenters. The average molecular weight is 257 g/mol. The summed E-state index contributed by atoms with van der Waals surface area (Å²) in [6.45, 7) is 2.81. The average Bonchev–Trinajstić information content (AvgIpc) is 2.72. The molecule has 2 atom stereocenters. The van der Waals surface area contributed by atoms with E-state index in [1.54, 1.807) is 0 Å². The molecule has 2 amide bonds. The van der Waals surface area contributed by atoms with Crippen LogP contribution in [0.1, 0.15) is 32.1 Å². The van der Waals surface area contributed by atoms with Crippen molar-refractivity contribution in [1.29, 1.82) is 0 Å². The molecule has 0 aliphatic carbocycles. The fourth-order valence-electron chi connectivity index (χ4n) is 2.39. The quantitative estimate of drug-likeness (QED) is 0.715. The molecule has 5 heteroatoms. The highest BCUT2D eigenvalue weighted by atomic mass is 32.2. The van der Waals surface area contributed by atoms with E-state index in [4.69, 9.17) is 0 Å². The van der Waals surface area contributed by atoms with Crippen molar-refractivity contribution in [1.82, 2.24) is 16.0 Å². The highest BCUT2D eigenvalue weighted by molar-refractivity contribution is 8.00. The Hall–Kier alpha value is -0.420. The summed E-state index contributed by atoms with van der Waals surface area (Å²) >= 11 is 1.98. The van der Waals surface area contributed by atoms with Gasteiger partial charge >= 0.3 is 6.03 Å². The molecule has 0 aromatic rings. The molecule has 2 aliphatic rings. The van der Waals surface area contributed by atoms with E-state index in [1.807, 2.05) is 11.8 Å². The van der Waals surface area contributed by atoms with Crippen LogP contribution < -0.4 is 16.0 Å². The summed E-state index contributed by atoms with van der Waals surface area (Å²) in [7, 11) is 0. The topological polar surface area (TPSA) is 53.2 Å². The standard InChI is InChI=1S/C12H23N3OS/c16-12(14-9-11-5-3-7-17-11)15-10-4-1-2-6-13-8-10/h10-11,13H,1-9H2,(H2,14,15,16). The molecule has 0 spiro atoms. The van der Waals surface area contributed by atoms with Gasteiger partial charge < -0.3 is 16.0 Å². The van der Waals surface area contributed by atoms with Gasteiger partial charge in [-0.3, -0.25) is 0 Å². The molecular weight excluding hydrogens is 234 g/mol. The van der Waals surface area contributed by atoms with Gasteiger partial charge in [-0.1, -0.05) is 6.42 Å². The first kappa shape index (κ1) is 13.0. The monoisotopic (exact) mass is 257 g/mol. The number of amides is 2. The molecule has 0 aromatic heterocycles. The normalized spacial score (nSPS) is 29.6. The van der Waals surface area contributed by atoms with E-state index in [0.717, 1.165) is 26.1 Å². The molecule has 0 aromatic carbocycles. The molecule has 17 heavy (non-hydrogen) atoms. The predicted molar refractivity (Wildman–Crippen MR) is 72.5 cm³/mol. The van der Waals surface area contributed by atoms with Crippen LogP contribution in [0.4, 0.5) is 4.79 Å². The lowest BCUT2D eigenvalue weighted by molar-refractivity contribution is 0.236. The maximum absolute atomic E-state index is 11.7. The second kappa shape index (κ2) is 7.11. The first-order valence-corrected chi connectivity index (χ1v) is 7.76. The predicted octanol–water partition coefficient (Wildman–Crippen LogP) is 1.32. The Labute approximate surface area is 108 Å². The second-order valence-electron chi connectivity index (χ2n) is 4.89. The van der Waals surface area contributed by atoms with Crippen LogP contribution in [0.2, 0.25) is 0 Å². The molecule has 4 nitrogen and oxygen atoms in total. The van der Waals surface area contributed by atoms with Crippen LogP contribution in [0.25, 0.3) is 0 Å². The Morgan fingerprint density at radius 3 is 3.06 bits per heavy atom. The van der Waals surface area contributed by atoms with Crippen LogP contribution in [0.15, 0.2) is 0 Å². The molecule has 2 aliphatic heterocycles. The summed E-state index contributed by atoms with van der Waals surface area (Å²) in [5.74, 6) is 1.25. The van der Waals surface area contributed by atoms with Crippen molar-refractivity contribution < 1.29 is 4.79 Å². The van der Waals surface area contributed by atoms with Crippen molar-refractivity contribution in [3.63, 3.8) is 0 Å². The largest absolute Gasteiger partial charge is 0.337 e. The van der Waals surface area contributed by atoms with Gasteiger partial charge in [-0.15, -0.1) is 0 Å². The highest BCUT2D eigenvalue weighted by Gasteiger charge is 2.18. The molecular formula is C12H23N3OS. The number of nitrogens with one attached hydrogen (secondary N) is 3. The van der Waals surface area contributed by atoms with Gasteiger partial charge in [0.15, 0.2) is 0 Å². The summed E-state index contributed by atoms with van der Waals surface area (Å²) in [4.78, 5) is 11.7. The van der Waals surface area contributed by atoms with Gasteiger partial charge in [0.2, 0.25) is 0 Å². The number of hydrogen-bond donors (Lipinski definition) is 3. The third-order valence-corrected chi connectivity index (χ3v) is 4.79. The van der Waals surface area contributed by atoms with Crippen LogP contribution in [0, 0.1) is 0 Å². The van der Waals surface area contributed by atoms with Crippen LogP contribution in [0.5, 0.6) is 0 Å². The zero-order valence-electron chi connectivity index (χ0n) is 10.3. The molecule has 0 bridgehead atoms. The Kier molecular flexibility index (Phi) is 5.45. The first-order valence-electron chi connectivity index (χ1n) is 6.71. The maximum Gasteiger partial charge on any atom is 0.315 e. The number of thioether (sulfide) groups is 1. The molecule has 2 fully saturated rings. The Bertz CT molecular complexity index is 236. The summed E-state index contributed by atoms with van der Waals surface area (Å²) < 4.78 is 0. The highest BCUT2D eigenvalue weighted by Crippen LogP contribution is 2.25. The number of urea groups is 1. The Morgan fingerprint density at radius 1 is 1.29 bits per heavy atom. The fraction of sp³-hybridized carbons (Fsp3) is 0.917. The van der Waals surface area contributed by atoms with Gasteiger partial charge in [0.05, 0.1) is 0 Å². The third kappa shape index (κ3) is 4.76. The van der Waals surface area contributed by atoms with Gasteiger partial charge in [0, 0.05) is 24.4 Å². The Morgan fingerprint density at radius 2 is 2.24 bits per heavy atom. The number of rotatable bonds is 3. The molecule has 2 saturated heterocycles. The van der Waals surface area contributed by atoms with E-state index >= 15 is 0 Å². The molecule has 2 heterocycles. The van der Waals surface area contributed by atoms with Gasteiger partial charge in [-0.05, 0) is 38.0 Å². The lowest BCUT2D eigenvalue weighted by Crippen LogP contribution is -2.47. The minimum atomic E-state index is 0.00574. The summed E-state index contributed by atoms with van der Waals surface area (Å²) in [5, 5.41) is 10.0. The van der Waals surface area contributed by atoms with Crippen molar-refractivity contribution in [2.75, 3.05) is 25.4 Å². The van der Waals surface area contributed by atoms with E-state index in [2.05, 4.69) is 16.0 Å². The number of carbonyl (C=O) groups is 1. The third-order valence-electron chi connectivity index (χ3n) is 3.40. The van der Waals surface area contributed by atoms with Gasteiger partial charge in [-0.25, -0.2) is 4.79 Å². The van der Waals surface area contributed by atoms with E-state index in [0.29, 0.717) is 11.3 Å². The van der Waals surface area contributed by atoms with Gasteiger partial charge in [0.25, 0.3) is 0 Å². The van der Waals surface area contributed by atoms with Gasteiger partial charge in [-0.2, -0.15) is 11.8 Å². The second-order valence-corrected chi connectivity index (χ2v) is 6.29. The van der Waals surface area contributed by atoms with Crippen LogP contribution in [0.3, 0.4) is 0 Å². The molecule has 3 N–H and O–H groups in total. The number of hydrogen-bond acceptors (Lipinski definition) is 3. The van der Waals surface area contributed by atoms with E-state index in [-0.39, 0.29) is 6.03 Å². The Balaban J connectivity index is 1.61. The van der Waals surface area contributed by atoms with E-state index in [9.17, 15) is 4.79 Å². The fourth-order valence-corrected chi connectivity index (χ4v) is 3.59. The summed E-state index contributed by atoms with van der Waals surface area (Å²) in [6.07, 6.45) is 6.06. The lowest BCUT2D eigenvalue weighted by atomic mass is 10.1. The van der Waals surface area contributed by atoms with E-state index < -0.39 is 0 Å². The maximum atomic E-state index is 11.7. The van der Waals surface area contributed by atoms with E-state index in [1.165, 1.54) is 31.4 Å². The zero-order chi connectivity index (χ0) is 11.9. The molecule has 98 valence electrons. The molecule has 0 radical (unpaired) electrons. The van der Waals surface area contributed by atoms with Crippen molar-refractivity contribution >= 4 is 17.8 Å². The van der Waals surface area contributed by atoms with Crippen molar-refractivity contribution in [3.05, 3.63) is 0 Å². The van der Waals surface area contributed by atoms with Crippen LogP contribution in [-0.4, -0.2) is 42.7 Å². The summed E-state index contributed by atoms with van der Waals surface area (Å²) in [6, 6.07) is 0.305. The van der Waals surface area contributed by atoms with Gasteiger partial charge in [0.1, 0.15) is 0 Å². The minimum absolute atomic E-state index is 0.00574. The zero-order valence-corrected chi connectivity index (χ0v) is 11.2. The van der Waals surface area contributed by atoms with Crippen molar-refractivity contribution in [3.8, 4) is 0 Å². The smallest absolute Gasteiger partial charge is 0.315 e. The van der Waals surface area contributed by atoms with Crippen LogP contribution in [-0.2, 0) is 0 Å². The van der Waals surface area contributed by atoms with Crippen molar-refractivity contribution in [2.45, 2.75) is 43.4 Å².